The van der Waals surface area contributed by atoms with Crippen LogP contribution in [-0.2, 0) is 4.74 Å². The number of nitrogens with one attached hydrogen (secondary N) is 1. The molecule has 0 aliphatic heterocycles. The number of hydrogen-bond acceptors (Lipinski definition) is 5. The highest BCUT2D eigenvalue weighted by Crippen LogP contribution is 2.29. The lowest BCUT2D eigenvalue weighted by Crippen LogP contribution is -2.22. The van der Waals surface area contributed by atoms with Gasteiger partial charge < -0.3 is 15.0 Å². The maximum absolute atomic E-state index is 11.1. The van der Waals surface area contributed by atoms with Crippen LogP contribution in [0.5, 0.6) is 0 Å². The Labute approximate surface area is 113 Å². The van der Waals surface area contributed by atoms with E-state index in [4.69, 9.17) is 4.74 Å². The number of anilines is 2. The summed E-state index contributed by atoms with van der Waals surface area (Å²) in [6.45, 7) is 6.76. The zero-order valence-corrected chi connectivity index (χ0v) is 11.7. The molecule has 0 aromatic heterocycles. The molecule has 1 N–H and O–H groups in total. The Morgan fingerprint density at radius 2 is 2.05 bits per heavy atom. The first-order chi connectivity index (χ1) is 9.13. The number of benzene rings is 1. The molecule has 0 saturated heterocycles. The predicted octanol–water partition coefficient (Wildman–Crippen LogP) is 2.50. The second-order valence-electron chi connectivity index (χ2n) is 4.05. The van der Waals surface area contributed by atoms with Gasteiger partial charge >= 0.3 is 0 Å². The third-order valence-electron chi connectivity index (χ3n) is 2.93. The maximum Gasteiger partial charge on any atom is 0.294 e. The number of nitro groups is 1. The zero-order chi connectivity index (χ0) is 14.3. The fourth-order valence-corrected chi connectivity index (χ4v) is 1.89. The molecule has 0 radical (unpaired) electrons. The van der Waals surface area contributed by atoms with E-state index in [9.17, 15) is 10.1 Å². The molecular formula is C13H21N3O3. The Kier molecular flexibility index (Phi) is 6.08. The Balaban J connectivity index is 2.97. The van der Waals surface area contributed by atoms with Crippen molar-refractivity contribution in [2.75, 3.05) is 43.6 Å². The van der Waals surface area contributed by atoms with E-state index in [-0.39, 0.29) is 10.6 Å². The van der Waals surface area contributed by atoms with Crippen LogP contribution in [0.2, 0.25) is 0 Å². The molecule has 0 unspecified atom stereocenters. The summed E-state index contributed by atoms with van der Waals surface area (Å²) in [4.78, 5) is 12.8. The average Bonchev–Trinajstić information content (AvgIpc) is 2.41. The number of methoxy groups -OCH3 is 1. The van der Waals surface area contributed by atoms with Crippen molar-refractivity contribution < 1.29 is 9.66 Å². The molecule has 0 amide bonds. The molecule has 106 valence electrons. The lowest BCUT2D eigenvalue weighted by molar-refractivity contribution is -0.383. The lowest BCUT2D eigenvalue weighted by Gasteiger charge is -2.21. The summed E-state index contributed by atoms with van der Waals surface area (Å²) < 4.78 is 4.92. The summed E-state index contributed by atoms with van der Waals surface area (Å²) in [5.74, 6) is 0. The van der Waals surface area contributed by atoms with Gasteiger partial charge in [-0.2, -0.15) is 0 Å². The van der Waals surface area contributed by atoms with Crippen molar-refractivity contribution in [2.45, 2.75) is 13.8 Å². The van der Waals surface area contributed by atoms with E-state index in [1.807, 2.05) is 19.9 Å². The largest absolute Gasteiger partial charge is 0.383 e. The van der Waals surface area contributed by atoms with Crippen LogP contribution in [-0.4, -0.2) is 38.3 Å². The Bertz CT molecular complexity index is 420. The molecule has 1 aromatic carbocycles. The van der Waals surface area contributed by atoms with Crippen molar-refractivity contribution in [1.29, 1.82) is 0 Å². The summed E-state index contributed by atoms with van der Waals surface area (Å²) in [7, 11) is 1.60. The molecular weight excluding hydrogens is 246 g/mol. The molecule has 0 aliphatic rings. The quantitative estimate of drug-likeness (QED) is 0.445. The highest BCUT2D eigenvalue weighted by Gasteiger charge is 2.16. The molecule has 0 heterocycles. The molecule has 0 atom stereocenters. The van der Waals surface area contributed by atoms with Crippen LogP contribution < -0.4 is 10.2 Å². The van der Waals surface area contributed by atoms with Crippen LogP contribution in [0.25, 0.3) is 0 Å². The first kappa shape index (κ1) is 15.2. The van der Waals surface area contributed by atoms with Crippen LogP contribution in [0.15, 0.2) is 18.2 Å². The van der Waals surface area contributed by atoms with E-state index in [1.165, 1.54) is 0 Å². The third-order valence-corrected chi connectivity index (χ3v) is 2.93. The summed E-state index contributed by atoms with van der Waals surface area (Å²) in [6, 6.07) is 5.26. The molecule has 0 aliphatic carbocycles. The van der Waals surface area contributed by atoms with Gasteiger partial charge in [0.15, 0.2) is 0 Å². The van der Waals surface area contributed by atoms with Gasteiger partial charge in [-0.3, -0.25) is 10.1 Å². The Hall–Kier alpha value is -1.82. The SMILES string of the molecule is CCN(CC)c1ccc(NCCOC)c([N+](=O)[O-])c1. The smallest absolute Gasteiger partial charge is 0.294 e. The first-order valence-electron chi connectivity index (χ1n) is 6.40. The molecule has 1 rings (SSSR count). The van der Waals surface area contributed by atoms with E-state index in [0.717, 1.165) is 18.8 Å². The summed E-state index contributed by atoms with van der Waals surface area (Å²) in [6.07, 6.45) is 0. The van der Waals surface area contributed by atoms with Gasteiger partial charge in [0, 0.05) is 38.5 Å². The van der Waals surface area contributed by atoms with E-state index in [1.54, 1.807) is 19.2 Å². The van der Waals surface area contributed by atoms with E-state index in [2.05, 4.69) is 10.2 Å². The molecule has 0 saturated carbocycles. The maximum atomic E-state index is 11.1. The van der Waals surface area contributed by atoms with Gasteiger partial charge in [-0.25, -0.2) is 0 Å². The number of nitrogens with zero attached hydrogens (tertiary/aromatic N) is 2. The van der Waals surface area contributed by atoms with Crippen molar-refractivity contribution in [3.8, 4) is 0 Å². The van der Waals surface area contributed by atoms with Gasteiger partial charge in [-0.1, -0.05) is 0 Å². The predicted molar refractivity (Wildman–Crippen MR) is 77.0 cm³/mol. The fraction of sp³-hybridized carbons (Fsp3) is 0.538. The third kappa shape index (κ3) is 4.10. The van der Waals surface area contributed by atoms with Gasteiger partial charge in [0.2, 0.25) is 0 Å². The van der Waals surface area contributed by atoms with E-state index in [0.29, 0.717) is 18.8 Å². The zero-order valence-electron chi connectivity index (χ0n) is 11.7. The van der Waals surface area contributed by atoms with Crippen molar-refractivity contribution in [2.24, 2.45) is 0 Å². The van der Waals surface area contributed by atoms with Crippen LogP contribution in [0.3, 0.4) is 0 Å². The van der Waals surface area contributed by atoms with Gasteiger partial charge in [-0.05, 0) is 26.0 Å². The van der Waals surface area contributed by atoms with Gasteiger partial charge in [0.05, 0.1) is 11.5 Å². The Morgan fingerprint density at radius 3 is 2.58 bits per heavy atom. The number of hydrogen-bond donors (Lipinski definition) is 1. The van der Waals surface area contributed by atoms with E-state index >= 15 is 0 Å². The summed E-state index contributed by atoms with van der Waals surface area (Å²) >= 11 is 0. The average molecular weight is 267 g/mol. The normalized spacial score (nSPS) is 10.3. The molecule has 6 nitrogen and oxygen atoms in total. The standard InChI is InChI=1S/C13H21N3O3/c1-4-15(5-2)11-6-7-12(14-8-9-19-3)13(10-11)16(17)18/h6-7,10,14H,4-5,8-9H2,1-3H3. The van der Waals surface area contributed by atoms with Gasteiger partial charge in [-0.15, -0.1) is 0 Å². The van der Waals surface area contributed by atoms with Crippen molar-refractivity contribution in [3.05, 3.63) is 28.3 Å². The van der Waals surface area contributed by atoms with E-state index < -0.39 is 0 Å². The molecule has 0 spiro atoms. The molecule has 1 aromatic rings. The molecule has 6 heteroatoms. The molecule has 0 fully saturated rings. The van der Waals surface area contributed by atoms with Crippen LogP contribution >= 0.6 is 0 Å². The fourth-order valence-electron chi connectivity index (χ4n) is 1.89. The highest BCUT2D eigenvalue weighted by atomic mass is 16.6. The number of nitro benzene ring substituents is 1. The minimum atomic E-state index is -0.359. The minimum Gasteiger partial charge on any atom is -0.383 e. The molecule has 0 bridgehead atoms. The van der Waals surface area contributed by atoms with Gasteiger partial charge in [0.25, 0.3) is 5.69 Å². The lowest BCUT2D eigenvalue weighted by atomic mass is 10.2. The number of ether oxygens (including phenoxy) is 1. The Morgan fingerprint density at radius 1 is 1.37 bits per heavy atom. The second-order valence-corrected chi connectivity index (χ2v) is 4.05. The van der Waals surface area contributed by atoms with Crippen LogP contribution in [0.1, 0.15) is 13.8 Å². The first-order valence-corrected chi connectivity index (χ1v) is 6.40. The molecule has 19 heavy (non-hydrogen) atoms. The van der Waals surface area contributed by atoms with Crippen molar-refractivity contribution in [3.63, 3.8) is 0 Å². The highest BCUT2D eigenvalue weighted by molar-refractivity contribution is 5.68. The number of rotatable bonds is 8. The van der Waals surface area contributed by atoms with Crippen LogP contribution in [0.4, 0.5) is 17.1 Å². The second kappa shape index (κ2) is 7.58. The summed E-state index contributed by atoms with van der Waals surface area (Å²) in [5.41, 5.74) is 1.49. The van der Waals surface area contributed by atoms with Crippen LogP contribution in [0, 0.1) is 10.1 Å². The van der Waals surface area contributed by atoms with Crippen molar-refractivity contribution >= 4 is 17.1 Å². The summed E-state index contributed by atoms with van der Waals surface area (Å²) in [5, 5.41) is 14.1. The minimum absolute atomic E-state index is 0.0977. The topological polar surface area (TPSA) is 67.6 Å². The van der Waals surface area contributed by atoms with Gasteiger partial charge in [0.1, 0.15) is 5.69 Å². The monoisotopic (exact) mass is 267 g/mol. The van der Waals surface area contributed by atoms with Crippen molar-refractivity contribution in [1.82, 2.24) is 0 Å².